The Bertz CT molecular complexity index is 1580. The Balaban J connectivity index is 1.31. The highest BCUT2D eigenvalue weighted by molar-refractivity contribution is 7.97. The van der Waals surface area contributed by atoms with Gasteiger partial charge in [0, 0.05) is 43.0 Å². The minimum atomic E-state index is -0.761. The molecule has 3 heterocycles. The number of nitrogens with one attached hydrogen (secondary N) is 2. The molecule has 9 nitrogen and oxygen atoms in total. The first-order valence-corrected chi connectivity index (χ1v) is 13.6. The van der Waals surface area contributed by atoms with E-state index >= 15 is 0 Å². The van der Waals surface area contributed by atoms with Crippen LogP contribution in [0.15, 0.2) is 64.5 Å². The molecule has 38 heavy (non-hydrogen) atoms. The average molecular weight is 529 g/mol. The third-order valence-corrected chi connectivity index (χ3v) is 8.33. The lowest BCUT2D eigenvalue weighted by Crippen LogP contribution is -2.40. The van der Waals surface area contributed by atoms with Crippen molar-refractivity contribution in [2.75, 3.05) is 38.5 Å². The molecule has 0 unspecified atom stereocenters. The molecule has 1 aliphatic carbocycles. The Kier molecular flexibility index (Phi) is 6.61. The molecule has 2 aliphatic rings. The molecule has 1 fully saturated rings. The highest BCUT2D eigenvalue weighted by Gasteiger charge is 2.21. The minimum Gasteiger partial charge on any atom is -0.365 e. The van der Waals surface area contributed by atoms with E-state index in [4.69, 9.17) is 10.7 Å². The molecule has 4 N–H and O–H groups in total. The minimum absolute atomic E-state index is 0.0673. The highest BCUT2D eigenvalue weighted by atomic mass is 32.2. The molecular weight excluding hydrogens is 498 g/mol. The second-order valence-corrected chi connectivity index (χ2v) is 11.0. The van der Waals surface area contributed by atoms with Gasteiger partial charge >= 0.3 is 5.95 Å². The molecule has 10 heteroatoms. The van der Waals surface area contributed by atoms with Gasteiger partial charge in [-0.1, -0.05) is 11.1 Å². The van der Waals surface area contributed by atoms with Crippen LogP contribution in [0, 0.1) is 0 Å². The van der Waals surface area contributed by atoms with Gasteiger partial charge in [-0.05, 0) is 85.8 Å². The Morgan fingerprint density at radius 1 is 1.05 bits per heavy atom. The predicted molar refractivity (Wildman–Crippen MR) is 149 cm³/mol. The lowest BCUT2D eigenvalue weighted by molar-refractivity contribution is -0.362. The fourth-order valence-electron chi connectivity index (χ4n) is 5.06. The van der Waals surface area contributed by atoms with Crippen molar-refractivity contribution in [1.29, 1.82) is 0 Å². The maximum atomic E-state index is 13.0. The maximum Gasteiger partial charge on any atom is 0.396 e. The summed E-state index contributed by atoms with van der Waals surface area (Å²) >= 11 is 1.78. The number of fused-ring (bicyclic) bond motifs is 2. The van der Waals surface area contributed by atoms with E-state index in [0.717, 1.165) is 56.8 Å². The summed E-state index contributed by atoms with van der Waals surface area (Å²) in [4.78, 5) is 36.4. The molecule has 194 valence electrons. The van der Waals surface area contributed by atoms with Crippen molar-refractivity contribution in [2.24, 2.45) is 5.73 Å². The topological polar surface area (TPSA) is 111 Å². The Labute approximate surface area is 224 Å². The van der Waals surface area contributed by atoms with E-state index in [1.165, 1.54) is 22.2 Å². The van der Waals surface area contributed by atoms with Crippen molar-refractivity contribution in [3.63, 3.8) is 0 Å². The number of pyridine rings is 1. The lowest BCUT2D eigenvalue weighted by atomic mass is 10.1. The molecule has 0 radical (unpaired) electrons. The van der Waals surface area contributed by atoms with Crippen molar-refractivity contribution in [2.45, 2.75) is 24.2 Å². The van der Waals surface area contributed by atoms with Crippen molar-refractivity contribution in [1.82, 2.24) is 18.8 Å². The van der Waals surface area contributed by atoms with Crippen LogP contribution in [-0.4, -0.2) is 57.9 Å². The van der Waals surface area contributed by atoms with Crippen molar-refractivity contribution < 1.29 is 9.78 Å². The molecule has 0 atom stereocenters. The number of nitrogens with two attached hydrogens (primary N) is 1. The number of primary amides is 1. The summed E-state index contributed by atoms with van der Waals surface area (Å²) in [5.74, 6) is -0.276. The summed E-state index contributed by atoms with van der Waals surface area (Å²) in [5, 5.41) is 3.60. The van der Waals surface area contributed by atoms with Crippen molar-refractivity contribution in [3.8, 4) is 5.69 Å². The number of hydrogen-bond acceptors (Lipinski definition) is 7. The van der Waals surface area contributed by atoms with Crippen LogP contribution < -0.4 is 21.5 Å². The van der Waals surface area contributed by atoms with Crippen LogP contribution in [0.5, 0.6) is 0 Å². The molecule has 1 aliphatic heterocycles. The monoisotopic (exact) mass is 528 g/mol. The van der Waals surface area contributed by atoms with Crippen LogP contribution in [0.1, 0.15) is 27.9 Å². The van der Waals surface area contributed by atoms with Gasteiger partial charge in [0.05, 0.1) is 11.9 Å². The second kappa shape index (κ2) is 10.2. The van der Waals surface area contributed by atoms with E-state index < -0.39 is 11.3 Å². The predicted octanol–water partition coefficient (Wildman–Crippen LogP) is 2.79. The van der Waals surface area contributed by atoms with Crippen LogP contribution in [0.3, 0.4) is 0 Å². The number of anilines is 2. The summed E-state index contributed by atoms with van der Waals surface area (Å²) in [6.45, 7) is 4.24. The van der Waals surface area contributed by atoms with Gasteiger partial charge in [0.2, 0.25) is 11.1 Å². The smallest absolute Gasteiger partial charge is 0.365 e. The molecular formula is C28H30N7O2S+. The molecule has 0 spiro atoms. The van der Waals surface area contributed by atoms with Gasteiger partial charge < -0.3 is 10.6 Å². The molecule has 1 amide bonds. The molecule has 2 aromatic heterocycles. The van der Waals surface area contributed by atoms with Gasteiger partial charge in [-0.2, -0.15) is 0 Å². The number of piperazine rings is 1. The van der Waals surface area contributed by atoms with Gasteiger partial charge in [-0.25, -0.2) is 14.6 Å². The molecule has 0 bridgehead atoms. The maximum absolute atomic E-state index is 13.0. The first-order chi connectivity index (χ1) is 18.4. The van der Waals surface area contributed by atoms with E-state index in [-0.39, 0.29) is 5.56 Å². The standard InChI is InChI=1S/C28H29N7O2S/c1-33-11-13-34(14-12-33)38-22-9-6-20(7-10-22)31-28-30-16-23-25(36)24(26(29)37)17-35(27(23)32-28)21-8-5-18-3-2-4-19(18)15-21/h5-10,15-17H,2-4,11-14H2,1H3,(H2,29,37)(H,30,31,32)/p+1. The number of hydrogen-bond donors (Lipinski definition) is 2. The van der Waals surface area contributed by atoms with Gasteiger partial charge in [-0.15, -0.1) is 0 Å². The number of likely N-dealkylation sites (N-methyl/N-ethyl adjacent to an activating group) is 1. The van der Waals surface area contributed by atoms with E-state index in [0.29, 0.717) is 17.0 Å². The normalized spacial score (nSPS) is 16.0. The highest BCUT2D eigenvalue weighted by Crippen LogP contribution is 2.27. The van der Waals surface area contributed by atoms with Gasteiger partial charge in [0.1, 0.15) is 10.9 Å². The number of carbonyl (C=O) groups excluding carboxylic acids is 1. The summed E-state index contributed by atoms with van der Waals surface area (Å²) < 4.78 is 4.17. The fourth-order valence-corrected chi connectivity index (χ4v) is 5.96. The quantitative estimate of drug-likeness (QED) is 0.370. The zero-order valence-corrected chi connectivity index (χ0v) is 22.1. The summed E-state index contributed by atoms with van der Waals surface area (Å²) in [6.07, 6.45) is 6.30. The number of aromatic amines is 1. The number of aryl methyl sites for hydroxylation is 2. The van der Waals surface area contributed by atoms with Crippen LogP contribution >= 0.6 is 11.9 Å². The first-order valence-electron chi connectivity index (χ1n) is 12.8. The molecule has 0 saturated carbocycles. The average Bonchev–Trinajstić information content (AvgIpc) is 3.39. The van der Waals surface area contributed by atoms with Gasteiger partial charge in [0.25, 0.3) is 5.91 Å². The van der Waals surface area contributed by atoms with E-state index in [9.17, 15) is 9.59 Å². The van der Waals surface area contributed by atoms with E-state index in [1.54, 1.807) is 22.7 Å². The lowest BCUT2D eigenvalue weighted by Gasteiger charge is -2.31. The first kappa shape index (κ1) is 24.6. The van der Waals surface area contributed by atoms with Crippen LogP contribution in [-0.2, 0) is 12.8 Å². The number of amides is 1. The third kappa shape index (κ3) is 4.90. The summed E-state index contributed by atoms with van der Waals surface area (Å²) in [5.41, 5.74) is 9.82. The summed E-state index contributed by atoms with van der Waals surface area (Å²) in [7, 11) is 2.15. The van der Waals surface area contributed by atoms with Crippen molar-refractivity contribution >= 4 is 40.5 Å². The molecule has 6 rings (SSSR count). The van der Waals surface area contributed by atoms with Gasteiger partial charge in [-0.3, -0.25) is 14.2 Å². The Morgan fingerprint density at radius 2 is 1.82 bits per heavy atom. The number of aromatic nitrogens is 3. The zero-order chi connectivity index (χ0) is 26.2. The molecule has 2 aromatic carbocycles. The zero-order valence-electron chi connectivity index (χ0n) is 21.2. The number of rotatable bonds is 6. The van der Waals surface area contributed by atoms with Gasteiger partial charge in [0.15, 0.2) is 0 Å². The SMILES string of the molecule is CN1CCN(Sc2ccc(Nc3nc4c(c[nH+]3)c(=O)c(C(N)=O)cn4-c3ccc4c(c3)CCC4)cc2)CC1. The Hall–Kier alpha value is -3.73. The van der Waals surface area contributed by atoms with Crippen LogP contribution in [0.4, 0.5) is 11.6 Å². The molecule has 1 saturated heterocycles. The second-order valence-electron chi connectivity index (χ2n) is 9.87. The third-order valence-electron chi connectivity index (χ3n) is 7.23. The van der Waals surface area contributed by atoms with Crippen LogP contribution in [0.25, 0.3) is 16.7 Å². The largest absolute Gasteiger partial charge is 0.396 e. The van der Waals surface area contributed by atoms with E-state index in [2.05, 4.69) is 50.8 Å². The summed E-state index contributed by atoms with van der Waals surface area (Å²) in [6, 6.07) is 14.4. The number of benzene rings is 2. The Morgan fingerprint density at radius 3 is 2.58 bits per heavy atom. The number of H-pyrrole nitrogens is 1. The van der Waals surface area contributed by atoms with Crippen LogP contribution in [0.2, 0.25) is 0 Å². The van der Waals surface area contributed by atoms with E-state index in [1.807, 2.05) is 18.2 Å². The number of nitrogens with zero attached hydrogens (tertiary/aromatic N) is 4. The molecule has 4 aromatic rings. The number of carbonyl (C=O) groups is 1. The van der Waals surface area contributed by atoms with Crippen molar-refractivity contribution in [3.05, 3.63) is 81.8 Å². The fraction of sp³-hybridized carbons (Fsp3) is 0.286.